The van der Waals surface area contributed by atoms with Crippen LogP contribution in [0.15, 0.2) is 0 Å². The zero-order chi connectivity index (χ0) is 13.2. The van der Waals surface area contributed by atoms with E-state index in [0.717, 1.165) is 42.6 Å². The van der Waals surface area contributed by atoms with E-state index in [1.807, 2.05) is 7.05 Å². The molecule has 104 valence electrons. The predicted molar refractivity (Wildman–Crippen MR) is 75.8 cm³/mol. The van der Waals surface area contributed by atoms with Crippen LogP contribution in [0.4, 0.5) is 11.6 Å². The lowest BCUT2D eigenvalue weighted by molar-refractivity contribution is 0.120. The van der Waals surface area contributed by atoms with E-state index < -0.39 is 0 Å². The molecule has 19 heavy (non-hydrogen) atoms. The monoisotopic (exact) mass is 262 g/mol. The van der Waals surface area contributed by atoms with E-state index in [-0.39, 0.29) is 0 Å². The minimum absolute atomic E-state index is 0.330. The maximum atomic E-state index is 5.64. The van der Waals surface area contributed by atoms with Gasteiger partial charge in [0.25, 0.3) is 0 Å². The van der Waals surface area contributed by atoms with Gasteiger partial charge < -0.3 is 15.4 Å². The Morgan fingerprint density at radius 2 is 2.00 bits per heavy atom. The molecule has 1 saturated carbocycles. The molecule has 2 N–H and O–H groups in total. The van der Waals surface area contributed by atoms with Crippen molar-refractivity contribution in [1.82, 2.24) is 9.97 Å². The summed E-state index contributed by atoms with van der Waals surface area (Å²) in [5, 5.41) is 6.60. The van der Waals surface area contributed by atoms with Crippen molar-refractivity contribution in [3.8, 4) is 0 Å². The molecule has 2 fully saturated rings. The average Bonchev–Trinajstić information content (AvgIpc) is 3.14. The molecule has 0 amide bonds. The smallest absolute Gasteiger partial charge is 0.136 e. The van der Waals surface area contributed by atoms with E-state index in [1.165, 1.54) is 19.3 Å². The molecule has 5 heteroatoms. The van der Waals surface area contributed by atoms with Crippen molar-refractivity contribution in [2.45, 2.75) is 44.6 Å². The summed E-state index contributed by atoms with van der Waals surface area (Å²) >= 11 is 0. The SMILES string of the molecule is CNc1nc(C2CC2)nc(NCC2CCCO2)c1C. The molecule has 2 aliphatic rings. The number of ether oxygens (including phenoxy) is 1. The lowest BCUT2D eigenvalue weighted by Crippen LogP contribution is -2.20. The molecule has 1 saturated heterocycles. The highest BCUT2D eigenvalue weighted by Crippen LogP contribution is 2.39. The first-order chi connectivity index (χ1) is 9.28. The summed E-state index contributed by atoms with van der Waals surface area (Å²) < 4.78 is 5.64. The Kier molecular flexibility index (Phi) is 3.55. The fraction of sp³-hybridized carbons (Fsp3) is 0.714. The van der Waals surface area contributed by atoms with Gasteiger partial charge >= 0.3 is 0 Å². The molecular formula is C14H22N4O. The minimum Gasteiger partial charge on any atom is -0.376 e. The average molecular weight is 262 g/mol. The van der Waals surface area contributed by atoms with Crippen molar-refractivity contribution < 1.29 is 4.74 Å². The zero-order valence-corrected chi connectivity index (χ0v) is 11.7. The van der Waals surface area contributed by atoms with Crippen LogP contribution in [0.5, 0.6) is 0 Å². The normalized spacial score (nSPS) is 22.5. The van der Waals surface area contributed by atoms with Gasteiger partial charge in [-0.1, -0.05) is 0 Å². The quantitative estimate of drug-likeness (QED) is 0.852. The van der Waals surface area contributed by atoms with Crippen LogP contribution in [0.25, 0.3) is 0 Å². The number of hydrogen-bond acceptors (Lipinski definition) is 5. The van der Waals surface area contributed by atoms with Crippen LogP contribution in [0.2, 0.25) is 0 Å². The summed E-state index contributed by atoms with van der Waals surface area (Å²) in [7, 11) is 1.91. The molecule has 2 heterocycles. The van der Waals surface area contributed by atoms with Crippen molar-refractivity contribution in [3.05, 3.63) is 11.4 Å². The van der Waals surface area contributed by atoms with Gasteiger partial charge in [-0.3, -0.25) is 0 Å². The predicted octanol–water partition coefficient (Wildman–Crippen LogP) is 2.30. The Bertz CT molecular complexity index is 453. The second kappa shape index (κ2) is 5.33. The zero-order valence-electron chi connectivity index (χ0n) is 11.7. The summed E-state index contributed by atoms with van der Waals surface area (Å²) in [5.41, 5.74) is 1.09. The maximum Gasteiger partial charge on any atom is 0.136 e. The van der Waals surface area contributed by atoms with Gasteiger partial charge in [0.05, 0.1) is 6.10 Å². The third kappa shape index (κ3) is 2.81. The number of nitrogens with zero attached hydrogens (tertiary/aromatic N) is 2. The van der Waals surface area contributed by atoms with Gasteiger partial charge in [-0.05, 0) is 32.6 Å². The molecule has 1 aliphatic heterocycles. The minimum atomic E-state index is 0.330. The standard InChI is InChI=1S/C14H22N4O/c1-9-12(15-2)17-14(10-5-6-10)18-13(9)16-8-11-4-3-7-19-11/h10-11H,3-8H2,1-2H3,(H2,15,16,17,18). The summed E-state index contributed by atoms with van der Waals surface area (Å²) in [4.78, 5) is 9.29. The van der Waals surface area contributed by atoms with Gasteiger partial charge in [-0.2, -0.15) is 0 Å². The van der Waals surface area contributed by atoms with Gasteiger partial charge in [0.15, 0.2) is 0 Å². The Hall–Kier alpha value is -1.36. The van der Waals surface area contributed by atoms with Gasteiger partial charge in [-0.15, -0.1) is 0 Å². The Balaban J connectivity index is 1.75. The largest absolute Gasteiger partial charge is 0.376 e. The van der Waals surface area contributed by atoms with E-state index in [9.17, 15) is 0 Å². The summed E-state index contributed by atoms with van der Waals surface area (Å²) in [6.45, 7) is 3.79. The summed E-state index contributed by atoms with van der Waals surface area (Å²) in [6.07, 6.45) is 5.08. The third-order valence-electron chi connectivity index (χ3n) is 3.86. The van der Waals surface area contributed by atoms with Gasteiger partial charge in [-0.25, -0.2) is 9.97 Å². The molecule has 0 bridgehead atoms. The fourth-order valence-corrected chi connectivity index (χ4v) is 2.49. The van der Waals surface area contributed by atoms with Gasteiger partial charge in [0.1, 0.15) is 17.5 Å². The van der Waals surface area contributed by atoms with Gasteiger partial charge in [0, 0.05) is 31.7 Å². The third-order valence-corrected chi connectivity index (χ3v) is 3.86. The van der Waals surface area contributed by atoms with Crippen LogP contribution in [0, 0.1) is 6.92 Å². The van der Waals surface area contributed by atoms with E-state index in [0.29, 0.717) is 12.0 Å². The highest BCUT2D eigenvalue weighted by atomic mass is 16.5. The second-order valence-corrected chi connectivity index (χ2v) is 5.44. The first-order valence-electron chi connectivity index (χ1n) is 7.19. The molecule has 3 rings (SSSR count). The number of rotatable bonds is 5. The Morgan fingerprint density at radius 3 is 2.63 bits per heavy atom. The molecular weight excluding hydrogens is 240 g/mol. The Labute approximate surface area is 114 Å². The molecule has 0 radical (unpaired) electrons. The van der Waals surface area contributed by atoms with Crippen molar-refractivity contribution in [2.75, 3.05) is 30.8 Å². The molecule has 1 unspecified atom stereocenters. The topological polar surface area (TPSA) is 59.1 Å². The number of nitrogens with one attached hydrogen (secondary N) is 2. The van der Waals surface area contributed by atoms with Crippen molar-refractivity contribution in [1.29, 1.82) is 0 Å². The van der Waals surface area contributed by atoms with Crippen LogP contribution in [0.3, 0.4) is 0 Å². The van der Waals surface area contributed by atoms with E-state index in [4.69, 9.17) is 4.74 Å². The Morgan fingerprint density at radius 1 is 1.21 bits per heavy atom. The van der Waals surface area contributed by atoms with Gasteiger partial charge in [0.2, 0.25) is 0 Å². The number of hydrogen-bond donors (Lipinski definition) is 2. The molecule has 1 aromatic rings. The summed E-state index contributed by atoms with van der Waals surface area (Å²) in [6, 6.07) is 0. The van der Waals surface area contributed by atoms with E-state index in [1.54, 1.807) is 0 Å². The van der Waals surface area contributed by atoms with Crippen LogP contribution in [-0.4, -0.2) is 36.3 Å². The molecule has 0 spiro atoms. The molecule has 5 nitrogen and oxygen atoms in total. The van der Waals surface area contributed by atoms with Crippen LogP contribution >= 0.6 is 0 Å². The fourth-order valence-electron chi connectivity index (χ4n) is 2.49. The molecule has 1 aromatic heterocycles. The summed E-state index contributed by atoms with van der Waals surface area (Å²) in [5.74, 6) is 3.43. The van der Waals surface area contributed by atoms with Crippen LogP contribution in [-0.2, 0) is 4.74 Å². The highest BCUT2D eigenvalue weighted by Gasteiger charge is 2.28. The number of aromatic nitrogens is 2. The second-order valence-electron chi connectivity index (χ2n) is 5.44. The van der Waals surface area contributed by atoms with Crippen LogP contribution < -0.4 is 10.6 Å². The van der Waals surface area contributed by atoms with Crippen LogP contribution in [0.1, 0.15) is 43.0 Å². The first-order valence-corrected chi connectivity index (χ1v) is 7.19. The highest BCUT2D eigenvalue weighted by molar-refractivity contribution is 5.57. The molecule has 1 atom stereocenters. The van der Waals surface area contributed by atoms with Crippen molar-refractivity contribution in [2.24, 2.45) is 0 Å². The lowest BCUT2D eigenvalue weighted by Gasteiger charge is -2.16. The number of anilines is 2. The van der Waals surface area contributed by atoms with Crippen molar-refractivity contribution >= 4 is 11.6 Å². The molecule has 1 aliphatic carbocycles. The maximum absolute atomic E-state index is 5.64. The first kappa shape index (κ1) is 12.7. The lowest BCUT2D eigenvalue weighted by atomic mass is 10.2. The molecule has 0 aromatic carbocycles. The van der Waals surface area contributed by atoms with E-state index >= 15 is 0 Å². The van der Waals surface area contributed by atoms with Crippen molar-refractivity contribution in [3.63, 3.8) is 0 Å². The van der Waals surface area contributed by atoms with E-state index in [2.05, 4.69) is 27.5 Å².